The topological polar surface area (TPSA) is 35.5 Å². The monoisotopic (exact) mass is 254 g/mol. The summed E-state index contributed by atoms with van der Waals surface area (Å²) in [5.41, 5.74) is 1.46. The Labute approximate surface area is 112 Å². The number of benzene rings is 2. The first-order chi connectivity index (χ1) is 9.29. The molecule has 96 valence electrons. The van der Waals surface area contributed by atoms with Crippen LogP contribution in [0.15, 0.2) is 60.9 Å². The summed E-state index contributed by atoms with van der Waals surface area (Å²) in [4.78, 5) is 11.6. The van der Waals surface area contributed by atoms with Gasteiger partial charge in [-0.05, 0) is 35.9 Å². The van der Waals surface area contributed by atoms with Crippen LogP contribution in [0, 0.1) is 0 Å². The highest BCUT2D eigenvalue weighted by Crippen LogP contribution is 2.12. The van der Waals surface area contributed by atoms with E-state index in [1.54, 1.807) is 37.5 Å². The van der Waals surface area contributed by atoms with Crippen molar-refractivity contribution in [2.24, 2.45) is 0 Å². The molecule has 2 aromatic rings. The van der Waals surface area contributed by atoms with Crippen LogP contribution in [0.5, 0.6) is 5.75 Å². The van der Waals surface area contributed by atoms with Crippen molar-refractivity contribution in [1.29, 1.82) is 0 Å². The summed E-state index contributed by atoms with van der Waals surface area (Å²) in [6, 6.07) is 16.3. The summed E-state index contributed by atoms with van der Waals surface area (Å²) >= 11 is 0. The van der Waals surface area contributed by atoms with Crippen molar-refractivity contribution in [3.63, 3.8) is 0 Å². The molecule has 2 aromatic carbocycles. The zero-order chi connectivity index (χ0) is 13.5. The van der Waals surface area contributed by atoms with E-state index in [1.807, 2.05) is 30.3 Å². The lowest BCUT2D eigenvalue weighted by atomic mass is 10.2. The van der Waals surface area contributed by atoms with Gasteiger partial charge in [0, 0.05) is 0 Å². The van der Waals surface area contributed by atoms with Crippen LogP contribution in [0.25, 0.3) is 6.08 Å². The highest BCUT2D eigenvalue weighted by molar-refractivity contribution is 5.89. The van der Waals surface area contributed by atoms with Crippen molar-refractivity contribution < 1.29 is 14.3 Å². The van der Waals surface area contributed by atoms with Gasteiger partial charge in [-0.15, -0.1) is 0 Å². The number of carbonyl (C=O) groups excluding carboxylic acids is 1. The standard InChI is InChI=1S/C16H14O3/c1-18-15-9-7-13(8-10-15)11-12-19-16(17)14-5-3-2-4-6-14/h2-12H,1H3/b12-11-. The Morgan fingerprint density at radius 3 is 2.32 bits per heavy atom. The molecule has 0 fully saturated rings. The molecular weight excluding hydrogens is 240 g/mol. The third-order valence-electron chi connectivity index (χ3n) is 2.56. The molecule has 0 N–H and O–H groups in total. The van der Waals surface area contributed by atoms with E-state index < -0.39 is 0 Å². The molecule has 19 heavy (non-hydrogen) atoms. The van der Waals surface area contributed by atoms with Gasteiger partial charge in [-0.1, -0.05) is 30.3 Å². The molecule has 0 radical (unpaired) electrons. The van der Waals surface area contributed by atoms with Crippen LogP contribution in [-0.2, 0) is 4.74 Å². The predicted octanol–water partition coefficient (Wildman–Crippen LogP) is 3.52. The Hall–Kier alpha value is -2.55. The molecule has 0 aliphatic carbocycles. The number of esters is 1. The molecule has 0 heterocycles. The van der Waals surface area contributed by atoms with Gasteiger partial charge >= 0.3 is 5.97 Å². The molecule has 0 saturated carbocycles. The number of carbonyl (C=O) groups is 1. The molecule has 0 amide bonds. The summed E-state index contributed by atoms with van der Waals surface area (Å²) in [5.74, 6) is 0.420. The second-order valence-electron chi connectivity index (χ2n) is 3.85. The van der Waals surface area contributed by atoms with E-state index >= 15 is 0 Å². The molecule has 0 aromatic heterocycles. The van der Waals surface area contributed by atoms with E-state index in [4.69, 9.17) is 9.47 Å². The average Bonchev–Trinajstić information content (AvgIpc) is 2.49. The third kappa shape index (κ3) is 3.71. The van der Waals surface area contributed by atoms with E-state index in [0.29, 0.717) is 5.56 Å². The summed E-state index contributed by atoms with van der Waals surface area (Å²) in [7, 11) is 1.62. The van der Waals surface area contributed by atoms with Crippen LogP contribution < -0.4 is 4.74 Å². The van der Waals surface area contributed by atoms with Crippen LogP contribution in [0.4, 0.5) is 0 Å². The SMILES string of the molecule is COc1ccc(/C=C\OC(=O)c2ccccc2)cc1. The number of methoxy groups -OCH3 is 1. The Kier molecular flexibility index (Phi) is 4.34. The quantitative estimate of drug-likeness (QED) is 0.618. The van der Waals surface area contributed by atoms with Crippen LogP contribution in [0.3, 0.4) is 0 Å². The molecule has 0 unspecified atom stereocenters. The van der Waals surface area contributed by atoms with Crippen molar-refractivity contribution in [2.75, 3.05) is 7.11 Å². The van der Waals surface area contributed by atoms with Crippen LogP contribution >= 0.6 is 0 Å². The minimum absolute atomic E-state index is 0.370. The van der Waals surface area contributed by atoms with Crippen LogP contribution in [0.2, 0.25) is 0 Å². The van der Waals surface area contributed by atoms with E-state index in [9.17, 15) is 4.79 Å². The van der Waals surface area contributed by atoms with Gasteiger partial charge in [0.05, 0.1) is 18.9 Å². The molecule has 3 nitrogen and oxygen atoms in total. The fraction of sp³-hybridized carbons (Fsp3) is 0.0625. The average molecular weight is 254 g/mol. The van der Waals surface area contributed by atoms with E-state index in [2.05, 4.69) is 0 Å². The van der Waals surface area contributed by atoms with Crippen molar-refractivity contribution >= 4 is 12.0 Å². The highest BCUT2D eigenvalue weighted by Gasteiger charge is 2.03. The molecule has 0 aliphatic heterocycles. The molecule has 0 spiro atoms. The number of rotatable bonds is 4. The second kappa shape index (κ2) is 6.40. The van der Waals surface area contributed by atoms with E-state index in [-0.39, 0.29) is 5.97 Å². The highest BCUT2D eigenvalue weighted by atomic mass is 16.5. The smallest absolute Gasteiger partial charge is 0.342 e. The molecular formula is C16H14O3. The van der Waals surface area contributed by atoms with Gasteiger partial charge < -0.3 is 9.47 Å². The molecule has 0 aliphatic rings. The van der Waals surface area contributed by atoms with Crippen molar-refractivity contribution in [3.8, 4) is 5.75 Å². The van der Waals surface area contributed by atoms with Crippen molar-refractivity contribution in [3.05, 3.63) is 72.0 Å². The largest absolute Gasteiger partial charge is 0.497 e. The first kappa shape index (κ1) is 12.9. The molecule has 0 saturated heterocycles. The Morgan fingerprint density at radius 1 is 1.00 bits per heavy atom. The zero-order valence-corrected chi connectivity index (χ0v) is 10.6. The van der Waals surface area contributed by atoms with Crippen molar-refractivity contribution in [1.82, 2.24) is 0 Å². The molecule has 3 heteroatoms. The third-order valence-corrected chi connectivity index (χ3v) is 2.56. The minimum atomic E-state index is -0.370. The van der Waals surface area contributed by atoms with Gasteiger partial charge in [0.2, 0.25) is 0 Å². The first-order valence-corrected chi connectivity index (χ1v) is 5.86. The lowest BCUT2D eigenvalue weighted by Gasteiger charge is -2.00. The van der Waals surface area contributed by atoms with E-state index in [0.717, 1.165) is 11.3 Å². The fourth-order valence-electron chi connectivity index (χ4n) is 1.53. The Morgan fingerprint density at radius 2 is 1.68 bits per heavy atom. The van der Waals surface area contributed by atoms with Gasteiger partial charge in [-0.25, -0.2) is 4.79 Å². The molecule has 0 bridgehead atoms. The fourth-order valence-corrected chi connectivity index (χ4v) is 1.53. The number of hydrogen-bond donors (Lipinski definition) is 0. The lowest BCUT2D eigenvalue weighted by molar-refractivity contribution is 0.0665. The maximum atomic E-state index is 11.6. The van der Waals surface area contributed by atoms with Gasteiger partial charge in [0.15, 0.2) is 0 Å². The van der Waals surface area contributed by atoms with Crippen molar-refractivity contribution in [2.45, 2.75) is 0 Å². The van der Waals surface area contributed by atoms with E-state index in [1.165, 1.54) is 6.26 Å². The van der Waals surface area contributed by atoms with Gasteiger partial charge in [-0.2, -0.15) is 0 Å². The molecule has 2 rings (SSSR count). The summed E-state index contributed by atoms with van der Waals surface area (Å²) < 4.78 is 10.1. The minimum Gasteiger partial charge on any atom is -0.497 e. The normalized spacial score (nSPS) is 10.4. The van der Waals surface area contributed by atoms with Gasteiger partial charge in [0.25, 0.3) is 0 Å². The Balaban J connectivity index is 1.94. The zero-order valence-electron chi connectivity index (χ0n) is 10.6. The lowest BCUT2D eigenvalue weighted by Crippen LogP contribution is -1.99. The Bertz CT molecular complexity index is 556. The summed E-state index contributed by atoms with van der Waals surface area (Å²) in [6.45, 7) is 0. The van der Waals surface area contributed by atoms with Gasteiger partial charge in [0.1, 0.15) is 5.75 Å². The second-order valence-corrected chi connectivity index (χ2v) is 3.85. The summed E-state index contributed by atoms with van der Waals surface area (Å²) in [5, 5.41) is 0. The van der Waals surface area contributed by atoms with Crippen LogP contribution in [0.1, 0.15) is 15.9 Å². The van der Waals surface area contributed by atoms with Crippen LogP contribution in [-0.4, -0.2) is 13.1 Å². The first-order valence-electron chi connectivity index (χ1n) is 5.86. The number of hydrogen-bond acceptors (Lipinski definition) is 3. The molecule has 0 atom stereocenters. The number of ether oxygens (including phenoxy) is 2. The predicted molar refractivity (Wildman–Crippen MR) is 73.9 cm³/mol. The maximum absolute atomic E-state index is 11.6. The maximum Gasteiger partial charge on any atom is 0.342 e. The van der Waals surface area contributed by atoms with Gasteiger partial charge in [-0.3, -0.25) is 0 Å². The summed E-state index contributed by atoms with van der Waals surface area (Å²) in [6.07, 6.45) is 3.11.